The van der Waals surface area contributed by atoms with Crippen LogP contribution in [0.5, 0.6) is 0 Å². The molecule has 0 bridgehead atoms. The van der Waals surface area contributed by atoms with Gasteiger partial charge in [-0.15, -0.1) is 0 Å². The van der Waals surface area contributed by atoms with Crippen LogP contribution in [0.25, 0.3) is 0 Å². The molecular formula is C53H100NaO40P3. The second-order valence-corrected chi connectivity index (χ2v) is 28.4. The van der Waals surface area contributed by atoms with Crippen LogP contribution in [0.15, 0.2) is 0 Å². The number of aliphatic hydroxyl groups excluding tert-OH is 15. The van der Waals surface area contributed by atoms with Crippen molar-refractivity contribution in [2.24, 2.45) is 0 Å². The van der Waals surface area contributed by atoms with Crippen molar-refractivity contribution in [2.75, 3.05) is 39.1 Å². The quantitative estimate of drug-likeness (QED) is 0.0140. The van der Waals surface area contributed by atoms with Gasteiger partial charge in [-0.2, -0.15) is 0 Å². The molecule has 5 aliphatic heterocycles. The number of phosphoric acid groups is 1. The molecule has 40 nitrogen and oxygen atoms in total. The minimum Gasteiger partial charge on any atom is -0.550 e. The van der Waals surface area contributed by atoms with E-state index in [0.29, 0.717) is 6.61 Å². The zero-order chi connectivity index (χ0) is 74.1. The molecule has 25 atom stereocenters. The molecule has 5 rings (SSSR count). The zero-order valence-electron chi connectivity index (χ0n) is 55.5. The Labute approximate surface area is 581 Å². The summed E-state index contributed by atoms with van der Waals surface area (Å²) in [4.78, 5) is 78.5. The third-order valence-electron chi connectivity index (χ3n) is 14.6. The van der Waals surface area contributed by atoms with Gasteiger partial charge in [-0.1, -0.05) is 0 Å². The molecule has 0 radical (unpaired) electrons. The van der Waals surface area contributed by atoms with E-state index in [9.17, 15) is 115 Å². The van der Waals surface area contributed by atoms with Crippen molar-refractivity contribution < 1.29 is 225 Å². The summed E-state index contributed by atoms with van der Waals surface area (Å²) < 4.78 is 98.2. The Morgan fingerprint density at radius 3 is 0.990 bits per heavy atom. The van der Waals surface area contributed by atoms with Crippen molar-refractivity contribution in [1.82, 2.24) is 0 Å². The topological polar surface area (TPSA) is 647 Å². The Hall–Kier alpha value is -1.91. The molecular weight excluding hydrogens is 1390 g/mol. The monoisotopic (exact) mass is 1490 g/mol. The molecule has 5 aliphatic rings. The predicted octanol–water partition coefficient (Wildman–Crippen LogP) is -8.51. The van der Waals surface area contributed by atoms with Crippen molar-refractivity contribution in [2.45, 2.75) is 273 Å². The van der Waals surface area contributed by atoms with Crippen LogP contribution >= 0.6 is 23.0 Å². The van der Waals surface area contributed by atoms with Crippen LogP contribution < -0.4 is 34.7 Å². The van der Waals surface area contributed by atoms with Crippen molar-refractivity contribution in [3.8, 4) is 0 Å². The second kappa shape index (κ2) is 45.3. The fraction of sp³-hybridized carbons (Fsp3) is 0.925. The third-order valence-corrected chi connectivity index (χ3v) is 17.8. The number of carbonyl (C=O) groups excluding carboxylic acids is 4. The molecule has 44 heteroatoms. The number of carbonyl (C=O) groups is 4. The van der Waals surface area contributed by atoms with Crippen LogP contribution in [0.3, 0.4) is 0 Å². The van der Waals surface area contributed by atoms with Gasteiger partial charge < -0.3 is 153 Å². The van der Waals surface area contributed by atoms with E-state index in [2.05, 4.69) is 14.0 Å². The molecule has 25 unspecified atom stereocenters. The van der Waals surface area contributed by atoms with Crippen molar-refractivity contribution in [3.05, 3.63) is 0 Å². The summed E-state index contributed by atoms with van der Waals surface area (Å²) >= 11 is 0. The summed E-state index contributed by atoms with van der Waals surface area (Å²) in [5.41, 5.74) is 0. The van der Waals surface area contributed by atoms with E-state index in [1.807, 2.05) is 0 Å². The smallest absolute Gasteiger partial charge is 0.550 e. The van der Waals surface area contributed by atoms with E-state index >= 15 is 0 Å². The minimum absolute atomic E-state index is 0. The van der Waals surface area contributed by atoms with Crippen LogP contribution in [0.4, 0.5) is 9.59 Å². The number of phosphoric ester groups is 1. The molecule has 5 saturated heterocycles. The maximum absolute atomic E-state index is 13.0. The number of carboxylic acids is 1. The number of aliphatic hydroxyl groups is 15. The maximum atomic E-state index is 13.0. The van der Waals surface area contributed by atoms with Gasteiger partial charge in [0.05, 0.1) is 92.7 Å². The summed E-state index contributed by atoms with van der Waals surface area (Å²) in [6.45, 7) is 13.9. The Kier molecular flexibility index (Phi) is 44.5. The average molecular weight is 1490 g/mol. The summed E-state index contributed by atoms with van der Waals surface area (Å²) in [5.74, 6) is -1.60. The Balaban J connectivity index is 0.00000123. The van der Waals surface area contributed by atoms with Gasteiger partial charge in [-0.05, 0) is 101 Å². The fourth-order valence-corrected chi connectivity index (χ4v) is 11.5. The first-order valence-corrected chi connectivity index (χ1v) is 35.4. The Morgan fingerprint density at radius 2 is 0.701 bits per heavy atom. The number of hydrogen-bond acceptors (Lipinski definition) is 36. The van der Waals surface area contributed by atoms with Crippen molar-refractivity contribution >= 4 is 47.3 Å². The van der Waals surface area contributed by atoms with Crippen LogP contribution in [0.2, 0.25) is 0 Å². The first kappa shape index (κ1) is 95.1. The molecule has 0 aromatic heterocycles. The molecule has 97 heavy (non-hydrogen) atoms. The van der Waals surface area contributed by atoms with Crippen LogP contribution in [-0.4, -0.2) is 324 Å². The fourth-order valence-electron chi connectivity index (χ4n) is 9.21. The number of hydrogen-bond donors (Lipinski definition) is 19. The molecule has 5 fully saturated rings. The van der Waals surface area contributed by atoms with Crippen LogP contribution in [0, 0.1) is 0 Å². The normalized spacial score (nSPS) is 35.2. The minimum atomic E-state index is -4.65. The molecule has 19 N–H and O–H groups in total. The van der Waals surface area contributed by atoms with Crippen molar-refractivity contribution in [1.29, 1.82) is 0 Å². The van der Waals surface area contributed by atoms with Gasteiger partial charge in [-0.25, -0.2) is 14.2 Å². The van der Waals surface area contributed by atoms with E-state index in [0.717, 1.165) is 0 Å². The van der Waals surface area contributed by atoms with E-state index < -0.39 is 232 Å². The molecule has 0 saturated carbocycles. The number of esters is 1. The SMILES string of the molecule is CC(C)OC(=O)OCOP(=O)(CCC1OC(C)C(O)C(O)C1O)OCOC(=O)OC(C)C.CC1OC(CCC(=O)[O-])C(O)C(O)C1O.CC1OC(CCP(=O)(O)O)C(O)C(O)C1O.CC1OC(COP(=O)(O)O)C(O)C(O)C1O.CCOC(=O)CCC1OC(C)C(O)C(O)C1O.[Na+]. The average Bonchev–Trinajstić information content (AvgIpc) is 0.885. The first-order chi connectivity index (χ1) is 44.2. The van der Waals surface area contributed by atoms with Gasteiger partial charge in [-0.3, -0.25) is 27.5 Å². The molecule has 0 amide bonds. The summed E-state index contributed by atoms with van der Waals surface area (Å²) in [5, 5.41) is 153. The maximum Gasteiger partial charge on any atom is 1.00 e. The molecule has 0 spiro atoms. The zero-order valence-corrected chi connectivity index (χ0v) is 60.2. The van der Waals surface area contributed by atoms with Gasteiger partial charge in [0.15, 0.2) is 0 Å². The summed E-state index contributed by atoms with van der Waals surface area (Å²) in [6.07, 6.45) is -31.2. The Morgan fingerprint density at radius 1 is 0.412 bits per heavy atom. The van der Waals surface area contributed by atoms with E-state index in [4.69, 9.17) is 66.5 Å². The van der Waals surface area contributed by atoms with E-state index in [1.54, 1.807) is 48.5 Å². The summed E-state index contributed by atoms with van der Waals surface area (Å²) in [7, 11) is -12.8. The van der Waals surface area contributed by atoms with Gasteiger partial charge in [0.25, 0.3) is 0 Å². The number of carboxylic acid groups (broad SMARTS) is 1. The molecule has 568 valence electrons. The standard InChI is InChI=1S/C18H33O13P.C11H20O6.C9H16O6.C8H17O7P.C7H15O8P.Na/c1-10(2)29-17(22)25-8-27-32(24,28-9-26-18(23)30-11(3)4)7-6-13-15(20)16(21)14(19)12(5)31-13;1-3-16-8(12)5-4-7-10(14)11(15)9(13)6(2)17-7;1-4-7(12)9(14)8(13)5(15-4)2-3-6(10)11;1-4-6(9)8(11)7(10)5(15-4)2-3-16(12,13)14;1-3-5(8)7(10)6(9)4(15-3)2-14-16(11,12)13;/h10-16,19-21H,6-9H2,1-5H3;6-7,9-11,13-15H,3-5H2,1-2H3;4-5,7-9,12-14H,2-3H2,1H3,(H,10,11);4-11H,2-3H2,1H3,(H2,12,13,14);3-10H,2H2,1H3,(H2,11,12,13);/q;;;;;+1/p-1. The van der Waals surface area contributed by atoms with Crippen LogP contribution in [0.1, 0.15) is 108 Å². The third kappa shape index (κ3) is 35.0. The summed E-state index contributed by atoms with van der Waals surface area (Å²) in [6, 6.07) is 0. The number of ether oxygens (including phenoxy) is 10. The molecule has 0 aromatic rings. The Bertz CT molecular complexity index is 2320. The number of rotatable bonds is 24. The molecule has 0 aliphatic carbocycles. The van der Waals surface area contributed by atoms with Crippen molar-refractivity contribution in [3.63, 3.8) is 0 Å². The second-order valence-electron chi connectivity index (χ2n) is 23.2. The van der Waals surface area contributed by atoms with Gasteiger partial charge in [0.1, 0.15) is 97.7 Å². The van der Waals surface area contributed by atoms with E-state index in [1.165, 1.54) is 20.8 Å². The van der Waals surface area contributed by atoms with E-state index in [-0.39, 0.29) is 80.2 Å². The predicted molar refractivity (Wildman–Crippen MR) is 316 cm³/mol. The first-order valence-electron chi connectivity index (χ1n) is 30.3. The van der Waals surface area contributed by atoms with Gasteiger partial charge >= 0.3 is 70.9 Å². The number of aliphatic carboxylic acids is 1. The van der Waals surface area contributed by atoms with Crippen LogP contribution in [-0.2, 0) is 84.2 Å². The van der Waals surface area contributed by atoms with Gasteiger partial charge in [0.2, 0.25) is 13.6 Å². The van der Waals surface area contributed by atoms with Gasteiger partial charge in [0, 0.05) is 12.4 Å². The largest absolute Gasteiger partial charge is 1.00 e. The molecule has 0 aromatic carbocycles. The molecule has 5 heterocycles.